The van der Waals surface area contributed by atoms with Gasteiger partial charge in [-0.3, -0.25) is 10.1 Å². The molecule has 1 heterocycles. The molecule has 17 heavy (non-hydrogen) atoms. The van der Waals surface area contributed by atoms with Crippen LogP contribution in [0.5, 0.6) is 0 Å². The van der Waals surface area contributed by atoms with Gasteiger partial charge in [-0.2, -0.15) is 0 Å². The molecule has 1 atom stereocenters. The van der Waals surface area contributed by atoms with E-state index < -0.39 is 4.92 Å². The summed E-state index contributed by atoms with van der Waals surface area (Å²) in [7, 11) is 0. The van der Waals surface area contributed by atoms with Crippen molar-refractivity contribution in [3.8, 4) is 0 Å². The van der Waals surface area contributed by atoms with Crippen molar-refractivity contribution in [2.24, 2.45) is 5.84 Å². The molecule has 4 N–H and O–H groups in total. The van der Waals surface area contributed by atoms with Gasteiger partial charge in [-0.1, -0.05) is 13.3 Å². The topological polar surface area (TPSA) is 106 Å². The summed E-state index contributed by atoms with van der Waals surface area (Å²) in [6.07, 6.45) is 2.00. The molecular formula is C10H17N5O2. The number of nitrogens with one attached hydrogen (secondary N) is 2. The van der Waals surface area contributed by atoms with E-state index in [-0.39, 0.29) is 17.5 Å². The molecule has 0 fully saturated rings. The Bertz CT molecular complexity index is 396. The Morgan fingerprint density at radius 2 is 2.18 bits per heavy atom. The second-order valence-electron chi connectivity index (χ2n) is 3.83. The summed E-state index contributed by atoms with van der Waals surface area (Å²) in [5.41, 5.74) is 2.27. The highest BCUT2D eigenvalue weighted by atomic mass is 16.6. The van der Waals surface area contributed by atoms with Crippen LogP contribution in [-0.4, -0.2) is 15.9 Å². The fraction of sp³-hybridized carbons (Fsp3) is 0.500. The third-order valence-corrected chi connectivity index (χ3v) is 2.28. The zero-order valence-electron chi connectivity index (χ0n) is 9.93. The second kappa shape index (κ2) is 6.00. The van der Waals surface area contributed by atoms with E-state index >= 15 is 0 Å². The molecule has 0 bridgehead atoms. The lowest BCUT2D eigenvalue weighted by atomic mass is 10.2. The second-order valence-corrected chi connectivity index (χ2v) is 3.83. The predicted octanol–water partition coefficient (Wildman–Crippen LogP) is 1.88. The van der Waals surface area contributed by atoms with E-state index in [2.05, 4.69) is 22.7 Å². The molecule has 0 amide bonds. The number of nitrogens with zero attached hydrogens (tertiary/aromatic N) is 2. The number of nitrogen functional groups attached to an aromatic ring is 1. The molecule has 1 unspecified atom stereocenters. The molecule has 0 spiro atoms. The smallest absolute Gasteiger partial charge is 0.276 e. The Morgan fingerprint density at radius 1 is 1.53 bits per heavy atom. The number of rotatable bonds is 6. The molecule has 1 aromatic rings. The number of pyridine rings is 1. The van der Waals surface area contributed by atoms with Crippen LogP contribution >= 0.6 is 0 Å². The van der Waals surface area contributed by atoms with Crippen LogP contribution in [0.3, 0.4) is 0 Å². The summed E-state index contributed by atoms with van der Waals surface area (Å²) in [5, 5.41) is 13.8. The minimum Gasteiger partial charge on any atom is -0.367 e. The van der Waals surface area contributed by atoms with E-state index in [9.17, 15) is 10.1 Å². The van der Waals surface area contributed by atoms with Crippen LogP contribution in [0.25, 0.3) is 0 Å². The zero-order valence-corrected chi connectivity index (χ0v) is 9.93. The standard InChI is InChI=1S/C10H17N5O2/c1-3-4-7(2)12-9-5-8(15(16)17)6-10(13-9)14-11/h5-7H,3-4,11H2,1-2H3,(H2,12,13,14). The number of hydrogen-bond donors (Lipinski definition) is 3. The highest BCUT2D eigenvalue weighted by Gasteiger charge is 2.11. The summed E-state index contributed by atoms with van der Waals surface area (Å²) in [6, 6.07) is 2.89. The van der Waals surface area contributed by atoms with Crippen LogP contribution in [0.1, 0.15) is 26.7 Å². The van der Waals surface area contributed by atoms with E-state index in [1.54, 1.807) is 0 Å². The van der Waals surface area contributed by atoms with Crippen LogP contribution in [0.15, 0.2) is 12.1 Å². The third kappa shape index (κ3) is 3.87. The first-order valence-corrected chi connectivity index (χ1v) is 5.46. The van der Waals surface area contributed by atoms with Gasteiger partial charge in [-0.05, 0) is 13.3 Å². The van der Waals surface area contributed by atoms with Crippen molar-refractivity contribution in [3.05, 3.63) is 22.2 Å². The van der Waals surface area contributed by atoms with Gasteiger partial charge in [0.1, 0.15) is 11.6 Å². The van der Waals surface area contributed by atoms with E-state index in [1.165, 1.54) is 12.1 Å². The van der Waals surface area contributed by atoms with Crippen LogP contribution in [-0.2, 0) is 0 Å². The summed E-state index contributed by atoms with van der Waals surface area (Å²) < 4.78 is 0. The molecule has 0 aliphatic rings. The van der Waals surface area contributed by atoms with E-state index in [0.29, 0.717) is 5.82 Å². The highest BCUT2D eigenvalue weighted by molar-refractivity contribution is 5.54. The summed E-state index contributed by atoms with van der Waals surface area (Å²) in [6.45, 7) is 4.07. The Morgan fingerprint density at radius 3 is 2.71 bits per heavy atom. The van der Waals surface area contributed by atoms with Crippen molar-refractivity contribution < 1.29 is 4.92 Å². The van der Waals surface area contributed by atoms with Gasteiger partial charge in [-0.15, -0.1) is 0 Å². The molecule has 0 radical (unpaired) electrons. The maximum Gasteiger partial charge on any atom is 0.276 e. The largest absolute Gasteiger partial charge is 0.367 e. The molecule has 1 aromatic heterocycles. The third-order valence-electron chi connectivity index (χ3n) is 2.28. The Balaban J connectivity index is 2.90. The van der Waals surface area contributed by atoms with Crippen LogP contribution in [0.4, 0.5) is 17.3 Å². The van der Waals surface area contributed by atoms with Crippen LogP contribution in [0.2, 0.25) is 0 Å². The van der Waals surface area contributed by atoms with Crippen molar-refractivity contribution >= 4 is 17.3 Å². The number of aromatic nitrogens is 1. The number of nitro groups is 1. The summed E-state index contributed by atoms with van der Waals surface area (Å²) in [4.78, 5) is 14.3. The summed E-state index contributed by atoms with van der Waals surface area (Å²) in [5.74, 6) is 5.94. The monoisotopic (exact) mass is 239 g/mol. The van der Waals surface area contributed by atoms with Crippen molar-refractivity contribution in [1.82, 2.24) is 4.98 Å². The zero-order chi connectivity index (χ0) is 12.8. The number of anilines is 2. The Kier molecular flexibility index (Phi) is 4.65. The molecule has 94 valence electrons. The van der Waals surface area contributed by atoms with Gasteiger partial charge in [0.15, 0.2) is 0 Å². The average Bonchev–Trinajstić information content (AvgIpc) is 2.28. The molecule has 0 aromatic carbocycles. The van der Waals surface area contributed by atoms with E-state index in [1.807, 2.05) is 6.92 Å². The quantitative estimate of drug-likeness (QED) is 0.397. The van der Waals surface area contributed by atoms with Crippen LogP contribution in [0, 0.1) is 10.1 Å². The van der Waals surface area contributed by atoms with Crippen LogP contribution < -0.4 is 16.6 Å². The van der Waals surface area contributed by atoms with Crippen molar-refractivity contribution in [1.29, 1.82) is 0 Å². The van der Waals surface area contributed by atoms with Gasteiger partial charge in [0, 0.05) is 6.04 Å². The molecule has 0 aliphatic carbocycles. The fourth-order valence-electron chi connectivity index (χ4n) is 1.53. The lowest BCUT2D eigenvalue weighted by Gasteiger charge is -2.13. The van der Waals surface area contributed by atoms with Crippen molar-refractivity contribution in [3.63, 3.8) is 0 Å². The average molecular weight is 239 g/mol. The van der Waals surface area contributed by atoms with Gasteiger partial charge in [-0.25, -0.2) is 10.8 Å². The molecule has 1 rings (SSSR count). The normalized spacial score (nSPS) is 11.9. The van der Waals surface area contributed by atoms with Gasteiger partial charge < -0.3 is 10.7 Å². The summed E-state index contributed by atoms with van der Waals surface area (Å²) >= 11 is 0. The molecule has 0 saturated carbocycles. The Labute approximate surface area is 99.5 Å². The lowest BCUT2D eigenvalue weighted by Crippen LogP contribution is -2.17. The fourth-order valence-corrected chi connectivity index (χ4v) is 1.53. The highest BCUT2D eigenvalue weighted by Crippen LogP contribution is 2.20. The van der Waals surface area contributed by atoms with Gasteiger partial charge in [0.2, 0.25) is 0 Å². The number of nitrogens with two attached hydrogens (primary N) is 1. The molecule has 0 aliphatic heterocycles. The first kappa shape index (κ1) is 13.2. The van der Waals surface area contributed by atoms with Gasteiger partial charge in [0.25, 0.3) is 5.69 Å². The minimum atomic E-state index is -0.474. The SMILES string of the molecule is CCCC(C)Nc1cc([N+](=O)[O-])cc(NN)n1. The molecular weight excluding hydrogens is 222 g/mol. The Hall–Kier alpha value is -1.89. The first-order valence-electron chi connectivity index (χ1n) is 5.46. The van der Waals surface area contributed by atoms with Crippen molar-refractivity contribution in [2.45, 2.75) is 32.7 Å². The van der Waals surface area contributed by atoms with Crippen molar-refractivity contribution in [2.75, 3.05) is 10.7 Å². The predicted molar refractivity (Wildman–Crippen MR) is 66.7 cm³/mol. The number of hydrazine groups is 1. The number of hydrogen-bond acceptors (Lipinski definition) is 6. The molecule has 0 saturated heterocycles. The van der Waals surface area contributed by atoms with Gasteiger partial charge in [0.05, 0.1) is 17.1 Å². The van der Waals surface area contributed by atoms with Gasteiger partial charge >= 0.3 is 0 Å². The maximum absolute atomic E-state index is 10.7. The molecule has 7 nitrogen and oxygen atoms in total. The molecule has 7 heteroatoms. The maximum atomic E-state index is 10.7. The minimum absolute atomic E-state index is 0.0425. The lowest BCUT2D eigenvalue weighted by molar-refractivity contribution is -0.384. The van der Waals surface area contributed by atoms with E-state index in [0.717, 1.165) is 12.8 Å². The van der Waals surface area contributed by atoms with E-state index in [4.69, 9.17) is 5.84 Å². The first-order chi connectivity index (χ1) is 8.06.